The SMILES string of the molecule is Cc1cc(Br)c(C)n1-c1cc(N)ccc1F. The Hall–Kier alpha value is -1.29. The van der Waals surface area contributed by atoms with Gasteiger partial charge in [0.05, 0.1) is 5.69 Å². The predicted octanol–water partition coefficient (Wildman–Crippen LogP) is 3.58. The molecule has 0 saturated carbocycles. The van der Waals surface area contributed by atoms with Crippen molar-refractivity contribution in [2.75, 3.05) is 5.73 Å². The largest absolute Gasteiger partial charge is 0.399 e. The van der Waals surface area contributed by atoms with Gasteiger partial charge in [-0.1, -0.05) is 0 Å². The molecule has 2 N–H and O–H groups in total. The van der Waals surface area contributed by atoms with Crippen LogP contribution in [0.3, 0.4) is 0 Å². The van der Waals surface area contributed by atoms with E-state index < -0.39 is 0 Å². The second-order valence-electron chi connectivity index (χ2n) is 3.77. The Balaban J connectivity index is 2.71. The first-order chi connectivity index (χ1) is 7.50. The highest BCUT2D eigenvalue weighted by atomic mass is 79.9. The van der Waals surface area contributed by atoms with Gasteiger partial charge in [0, 0.05) is 21.5 Å². The summed E-state index contributed by atoms with van der Waals surface area (Å²) in [5, 5.41) is 0. The van der Waals surface area contributed by atoms with Gasteiger partial charge in [-0.15, -0.1) is 0 Å². The van der Waals surface area contributed by atoms with E-state index in [1.54, 1.807) is 12.1 Å². The fourth-order valence-electron chi connectivity index (χ4n) is 1.80. The van der Waals surface area contributed by atoms with Gasteiger partial charge in [-0.05, 0) is 54.0 Å². The van der Waals surface area contributed by atoms with Crippen LogP contribution in [-0.2, 0) is 0 Å². The zero-order valence-corrected chi connectivity index (χ0v) is 10.7. The average molecular weight is 283 g/mol. The van der Waals surface area contributed by atoms with Gasteiger partial charge in [-0.3, -0.25) is 0 Å². The Kier molecular flexibility index (Phi) is 2.76. The van der Waals surface area contributed by atoms with Crippen LogP contribution in [0.4, 0.5) is 10.1 Å². The van der Waals surface area contributed by atoms with Crippen LogP contribution < -0.4 is 5.73 Å². The minimum Gasteiger partial charge on any atom is -0.399 e. The lowest BCUT2D eigenvalue weighted by Gasteiger charge is -2.11. The van der Waals surface area contributed by atoms with Crippen molar-refractivity contribution in [1.29, 1.82) is 0 Å². The standard InChI is InChI=1S/C12H12BrFN2/c1-7-5-10(13)8(2)16(7)12-6-9(15)3-4-11(12)14/h3-6H,15H2,1-2H3. The van der Waals surface area contributed by atoms with Crippen molar-refractivity contribution in [3.8, 4) is 5.69 Å². The third-order valence-corrected chi connectivity index (χ3v) is 3.38. The van der Waals surface area contributed by atoms with E-state index in [4.69, 9.17) is 5.73 Å². The van der Waals surface area contributed by atoms with E-state index in [1.807, 2.05) is 24.5 Å². The molecule has 0 radical (unpaired) electrons. The number of rotatable bonds is 1. The monoisotopic (exact) mass is 282 g/mol. The van der Waals surface area contributed by atoms with Gasteiger partial charge in [-0.2, -0.15) is 0 Å². The number of nitrogens with zero attached hydrogens (tertiary/aromatic N) is 1. The maximum Gasteiger partial charge on any atom is 0.147 e. The number of hydrogen-bond donors (Lipinski definition) is 1. The molecule has 1 aromatic carbocycles. The molecule has 84 valence electrons. The lowest BCUT2D eigenvalue weighted by atomic mass is 10.2. The van der Waals surface area contributed by atoms with Gasteiger partial charge in [-0.25, -0.2) is 4.39 Å². The fourth-order valence-corrected chi connectivity index (χ4v) is 2.30. The molecule has 1 heterocycles. The fraction of sp³-hybridized carbons (Fsp3) is 0.167. The Labute approximate surface area is 102 Å². The molecule has 2 nitrogen and oxygen atoms in total. The van der Waals surface area contributed by atoms with Crippen LogP contribution in [0.15, 0.2) is 28.7 Å². The van der Waals surface area contributed by atoms with Gasteiger partial charge in [0.2, 0.25) is 0 Å². The third kappa shape index (κ3) is 1.73. The number of nitrogen functional groups attached to an aromatic ring is 1. The maximum absolute atomic E-state index is 13.7. The van der Waals surface area contributed by atoms with Crippen molar-refractivity contribution in [3.63, 3.8) is 0 Å². The molecule has 0 saturated heterocycles. The first kappa shape index (κ1) is 11.2. The van der Waals surface area contributed by atoms with Crippen molar-refractivity contribution in [2.24, 2.45) is 0 Å². The minimum absolute atomic E-state index is 0.275. The predicted molar refractivity (Wildman–Crippen MR) is 67.3 cm³/mol. The zero-order chi connectivity index (χ0) is 11.9. The van der Waals surface area contributed by atoms with Crippen LogP contribution in [0.5, 0.6) is 0 Å². The molecule has 1 aromatic heterocycles. The highest BCUT2D eigenvalue weighted by Crippen LogP contribution is 2.27. The number of hydrogen-bond acceptors (Lipinski definition) is 1. The van der Waals surface area contributed by atoms with Crippen LogP contribution in [0.1, 0.15) is 11.4 Å². The quantitative estimate of drug-likeness (QED) is 0.797. The molecule has 2 aromatic rings. The number of benzene rings is 1. The number of aryl methyl sites for hydroxylation is 1. The summed E-state index contributed by atoms with van der Waals surface area (Å²) < 4.78 is 16.5. The summed E-state index contributed by atoms with van der Waals surface area (Å²) in [5.41, 5.74) is 8.65. The van der Waals surface area contributed by atoms with Gasteiger partial charge >= 0.3 is 0 Å². The van der Waals surface area contributed by atoms with E-state index in [9.17, 15) is 4.39 Å². The summed E-state index contributed by atoms with van der Waals surface area (Å²) in [4.78, 5) is 0. The van der Waals surface area contributed by atoms with Crippen LogP contribution in [0, 0.1) is 19.7 Å². The molecule has 0 amide bonds. The second kappa shape index (κ2) is 3.94. The van der Waals surface area contributed by atoms with E-state index in [0.717, 1.165) is 15.9 Å². The van der Waals surface area contributed by atoms with Crippen LogP contribution >= 0.6 is 15.9 Å². The molecular formula is C12H12BrFN2. The maximum atomic E-state index is 13.7. The van der Waals surface area contributed by atoms with Crippen molar-refractivity contribution >= 4 is 21.6 Å². The Bertz CT molecular complexity index is 546. The minimum atomic E-state index is -0.275. The first-order valence-electron chi connectivity index (χ1n) is 4.90. The molecule has 0 bridgehead atoms. The molecule has 0 fully saturated rings. The highest BCUT2D eigenvalue weighted by Gasteiger charge is 2.12. The highest BCUT2D eigenvalue weighted by molar-refractivity contribution is 9.10. The first-order valence-corrected chi connectivity index (χ1v) is 5.70. The third-order valence-electron chi connectivity index (χ3n) is 2.58. The number of halogens is 2. The number of anilines is 1. The molecule has 0 spiro atoms. The lowest BCUT2D eigenvalue weighted by Crippen LogP contribution is -2.02. The molecule has 2 rings (SSSR count). The number of aromatic nitrogens is 1. The Morgan fingerprint density at radius 1 is 1.25 bits per heavy atom. The van der Waals surface area contributed by atoms with E-state index >= 15 is 0 Å². The van der Waals surface area contributed by atoms with E-state index in [0.29, 0.717) is 11.4 Å². The molecule has 4 heteroatoms. The van der Waals surface area contributed by atoms with Crippen molar-refractivity contribution < 1.29 is 4.39 Å². The summed E-state index contributed by atoms with van der Waals surface area (Å²) in [6.45, 7) is 3.86. The molecular weight excluding hydrogens is 271 g/mol. The lowest BCUT2D eigenvalue weighted by molar-refractivity contribution is 0.616. The number of nitrogens with two attached hydrogens (primary N) is 1. The second-order valence-corrected chi connectivity index (χ2v) is 4.62. The summed E-state index contributed by atoms with van der Waals surface area (Å²) >= 11 is 3.43. The summed E-state index contributed by atoms with van der Waals surface area (Å²) in [6, 6.07) is 6.54. The summed E-state index contributed by atoms with van der Waals surface area (Å²) in [5.74, 6) is -0.275. The molecule has 16 heavy (non-hydrogen) atoms. The van der Waals surface area contributed by atoms with Gasteiger partial charge in [0.15, 0.2) is 0 Å². The summed E-state index contributed by atoms with van der Waals surface area (Å²) in [6.07, 6.45) is 0. The van der Waals surface area contributed by atoms with E-state index in [-0.39, 0.29) is 5.82 Å². The van der Waals surface area contributed by atoms with E-state index in [2.05, 4.69) is 15.9 Å². The smallest absolute Gasteiger partial charge is 0.147 e. The molecule has 0 unspecified atom stereocenters. The molecule has 0 aliphatic heterocycles. The Morgan fingerprint density at radius 3 is 2.50 bits per heavy atom. The van der Waals surface area contributed by atoms with Gasteiger partial charge in [0.1, 0.15) is 5.82 Å². The molecule has 0 aliphatic rings. The Morgan fingerprint density at radius 2 is 1.94 bits per heavy atom. The van der Waals surface area contributed by atoms with Gasteiger partial charge in [0.25, 0.3) is 0 Å². The summed E-state index contributed by atoms with van der Waals surface area (Å²) in [7, 11) is 0. The van der Waals surface area contributed by atoms with Crippen molar-refractivity contribution in [1.82, 2.24) is 4.57 Å². The molecule has 0 aliphatic carbocycles. The topological polar surface area (TPSA) is 30.9 Å². The normalized spacial score (nSPS) is 10.8. The van der Waals surface area contributed by atoms with Crippen molar-refractivity contribution in [3.05, 3.63) is 45.9 Å². The van der Waals surface area contributed by atoms with Crippen LogP contribution in [-0.4, -0.2) is 4.57 Å². The molecule has 0 atom stereocenters. The van der Waals surface area contributed by atoms with Gasteiger partial charge < -0.3 is 10.3 Å². The zero-order valence-electron chi connectivity index (χ0n) is 9.09. The van der Waals surface area contributed by atoms with Crippen LogP contribution in [0.25, 0.3) is 5.69 Å². The van der Waals surface area contributed by atoms with Crippen LogP contribution in [0.2, 0.25) is 0 Å². The van der Waals surface area contributed by atoms with Crippen molar-refractivity contribution in [2.45, 2.75) is 13.8 Å². The van der Waals surface area contributed by atoms with E-state index in [1.165, 1.54) is 6.07 Å². The average Bonchev–Trinajstić information content (AvgIpc) is 2.46.